The Kier molecular flexibility index (Phi) is 6.26. The third-order valence-corrected chi connectivity index (χ3v) is 5.99. The molecule has 8 heteroatoms. The van der Waals surface area contributed by atoms with Crippen LogP contribution in [0, 0.1) is 0 Å². The number of nitrogens with one attached hydrogen (secondary N) is 1. The number of sulfone groups is 1. The summed E-state index contributed by atoms with van der Waals surface area (Å²) < 4.78 is 35.1. The molecular formula is C22H28N2O5S. The van der Waals surface area contributed by atoms with Crippen LogP contribution in [0.25, 0.3) is 0 Å². The Bertz CT molecular complexity index is 1050. The molecule has 0 radical (unpaired) electrons. The van der Waals surface area contributed by atoms with Gasteiger partial charge in [0, 0.05) is 35.7 Å². The second kappa shape index (κ2) is 8.55. The molecule has 1 aliphatic rings. The number of carbonyl (C=O) groups excluding carboxylic acids is 1. The van der Waals surface area contributed by atoms with Gasteiger partial charge in [-0.05, 0) is 43.7 Å². The van der Waals surface area contributed by atoms with Crippen LogP contribution in [0.2, 0.25) is 0 Å². The average Bonchev–Trinajstić information content (AvgIpc) is 3.02. The Balaban J connectivity index is 2.04. The highest BCUT2D eigenvalue weighted by molar-refractivity contribution is 7.90. The highest BCUT2D eigenvalue weighted by Gasteiger charge is 2.36. The minimum Gasteiger partial charge on any atom is -0.493 e. The number of anilines is 1. The van der Waals surface area contributed by atoms with Crippen LogP contribution in [0.15, 0.2) is 36.4 Å². The molecule has 1 heterocycles. The predicted octanol–water partition coefficient (Wildman–Crippen LogP) is 3.27. The van der Waals surface area contributed by atoms with Gasteiger partial charge in [0.2, 0.25) is 0 Å². The SMILES string of the molecule is COc1ccc(C(CS(C)(=O)=O)N2Cc3c(NC(C)C)cccc3C2=O)cc1OC. The lowest BCUT2D eigenvalue weighted by Crippen LogP contribution is -2.33. The van der Waals surface area contributed by atoms with Crippen LogP contribution in [0.3, 0.4) is 0 Å². The molecule has 0 aromatic heterocycles. The van der Waals surface area contributed by atoms with E-state index in [4.69, 9.17) is 9.47 Å². The largest absolute Gasteiger partial charge is 0.493 e. The Hall–Kier alpha value is -2.74. The van der Waals surface area contributed by atoms with Crippen LogP contribution in [-0.2, 0) is 16.4 Å². The molecule has 1 atom stereocenters. The van der Waals surface area contributed by atoms with Crippen molar-refractivity contribution in [3.8, 4) is 11.5 Å². The van der Waals surface area contributed by atoms with E-state index >= 15 is 0 Å². The van der Waals surface area contributed by atoms with Crippen molar-refractivity contribution in [2.75, 3.05) is 31.5 Å². The molecule has 0 saturated heterocycles. The summed E-state index contributed by atoms with van der Waals surface area (Å²) in [6.07, 6.45) is 1.18. The highest BCUT2D eigenvalue weighted by Crippen LogP contribution is 2.38. The van der Waals surface area contributed by atoms with Crippen LogP contribution < -0.4 is 14.8 Å². The Morgan fingerprint density at radius 3 is 2.40 bits per heavy atom. The standard InChI is InChI=1S/C22H28N2O5S/c1-14(2)23-18-8-6-7-16-17(18)12-24(22(16)25)19(13-30(5,26)27)15-9-10-20(28-3)21(11-15)29-4/h6-11,14,19,23H,12-13H2,1-5H3. The molecule has 2 aromatic carbocycles. The number of carbonyl (C=O) groups is 1. The summed E-state index contributed by atoms with van der Waals surface area (Å²) >= 11 is 0. The smallest absolute Gasteiger partial charge is 0.255 e. The summed E-state index contributed by atoms with van der Waals surface area (Å²) in [7, 11) is -0.307. The first-order valence-corrected chi connectivity index (χ1v) is 11.8. The van der Waals surface area contributed by atoms with E-state index in [0.29, 0.717) is 29.2 Å². The topological polar surface area (TPSA) is 84.9 Å². The zero-order chi connectivity index (χ0) is 22.1. The lowest BCUT2D eigenvalue weighted by molar-refractivity contribution is 0.0718. The molecule has 0 saturated carbocycles. The maximum atomic E-state index is 13.3. The fourth-order valence-corrected chi connectivity index (χ4v) is 4.71. The molecule has 0 spiro atoms. The van der Waals surface area contributed by atoms with Crippen molar-refractivity contribution in [1.29, 1.82) is 0 Å². The van der Waals surface area contributed by atoms with Gasteiger partial charge >= 0.3 is 0 Å². The normalized spacial score (nSPS) is 14.6. The molecule has 0 aliphatic carbocycles. The molecule has 2 aromatic rings. The molecular weight excluding hydrogens is 404 g/mol. The van der Waals surface area contributed by atoms with Gasteiger partial charge in [-0.15, -0.1) is 0 Å². The van der Waals surface area contributed by atoms with Crippen LogP contribution >= 0.6 is 0 Å². The fourth-order valence-electron chi connectivity index (χ4n) is 3.77. The first kappa shape index (κ1) is 22.0. The molecule has 1 amide bonds. The molecule has 3 rings (SSSR count). The number of ether oxygens (including phenoxy) is 2. The second-order valence-electron chi connectivity index (χ2n) is 7.79. The molecule has 1 N–H and O–H groups in total. The summed E-state index contributed by atoms with van der Waals surface area (Å²) in [5.41, 5.74) is 3.05. The summed E-state index contributed by atoms with van der Waals surface area (Å²) in [4.78, 5) is 14.9. The first-order valence-electron chi connectivity index (χ1n) is 9.73. The van der Waals surface area contributed by atoms with Gasteiger partial charge in [-0.1, -0.05) is 12.1 Å². The van der Waals surface area contributed by atoms with Gasteiger partial charge in [0.1, 0.15) is 9.84 Å². The minimum absolute atomic E-state index is 0.180. The number of fused-ring (bicyclic) bond motifs is 1. The maximum absolute atomic E-state index is 13.3. The van der Waals surface area contributed by atoms with Crippen molar-refractivity contribution in [2.45, 2.75) is 32.5 Å². The molecule has 0 fully saturated rings. The summed E-state index contributed by atoms with van der Waals surface area (Å²) in [6.45, 7) is 4.40. The van der Waals surface area contributed by atoms with Gasteiger partial charge in [0.25, 0.3) is 5.91 Å². The first-order chi connectivity index (χ1) is 14.1. The molecule has 1 aliphatic heterocycles. The number of nitrogens with zero attached hydrogens (tertiary/aromatic N) is 1. The van der Waals surface area contributed by atoms with Crippen LogP contribution in [0.5, 0.6) is 11.5 Å². The van der Waals surface area contributed by atoms with Gasteiger partial charge in [-0.25, -0.2) is 8.42 Å². The lowest BCUT2D eigenvalue weighted by atomic mass is 10.1. The monoisotopic (exact) mass is 432 g/mol. The van der Waals surface area contributed by atoms with Crippen LogP contribution in [0.4, 0.5) is 5.69 Å². The zero-order valence-corrected chi connectivity index (χ0v) is 18.7. The second-order valence-corrected chi connectivity index (χ2v) is 9.97. The molecule has 1 unspecified atom stereocenters. The van der Waals surface area contributed by atoms with E-state index in [1.54, 1.807) is 29.2 Å². The van der Waals surface area contributed by atoms with Gasteiger partial charge in [0.05, 0.1) is 26.0 Å². The van der Waals surface area contributed by atoms with E-state index in [0.717, 1.165) is 11.3 Å². The Morgan fingerprint density at radius 2 is 1.80 bits per heavy atom. The van der Waals surface area contributed by atoms with E-state index in [-0.39, 0.29) is 17.7 Å². The molecule has 7 nitrogen and oxygen atoms in total. The van der Waals surface area contributed by atoms with Crippen LogP contribution in [0.1, 0.15) is 41.4 Å². The van der Waals surface area contributed by atoms with Crippen molar-refractivity contribution in [3.63, 3.8) is 0 Å². The number of hydrogen-bond donors (Lipinski definition) is 1. The van der Waals surface area contributed by atoms with E-state index in [1.807, 2.05) is 26.0 Å². The third kappa shape index (κ3) is 4.53. The lowest BCUT2D eigenvalue weighted by Gasteiger charge is -2.28. The third-order valence-electron chi connectivity index (χ3n) is 5.07. The Morgan fingerprint density at radius 1 is 1.10 bits per heavy atom. The van der Waals surface area contributed by atoms with Gasteiger partial charge in [-0.3, -0.25) is 4.79 Å². The van der Waals surface area contributed by atoms with Gasteiger partial charge in [0.15, 0.2) is 11.5 Å². The number of methoxy groups -OCH3 is 2. The van der Waals surface area contributed by atoms with Crippen molar-refractivity contribution >= 4 is 21.4 Å². The zero-order valence-electron chi connectivity index (χ0n) is 17.9. The van der Waals surface area contributed by atoms with Crippen molar-refractivity contribution < 1.29 is 22.7 Å². The van der Waals surface area contributed by atoms with E-state index in [1.165, 1.54) is 20.5 Å². The van der Waals surface area contributed by atoms with Gasteiger partial charge < -0.3 is 19.7 Å². The Labute approximate surface area is 177 Å². The molecule has 162 valence electrons. The van der Waals surface area contributed by atoms with E-state index in [9.17, 15) is 13.2 Å². The molecule has 0 bridgehead atoms. The minimum atomic E-state index is -3.37. The summed E-state index contributed by atoms with van der Waals surface area (Å²) in [5.74, 6) is 0.661. The van der Waals surface area contributed by atoms with E-state index in [2.05, 4.69) is 5.32 Å². The van der Waals surface area contributed by atoms with Crippen molar-refractivity contribution in [1.82, 2.24) is 4.90 Å². The predicted molar refractivity (Wildman–Crippen MR) is 117 cm³/mol. The number of hydrogen-bond acceptors (Lipinski definition) is 6. The van der Waals surface area contributed by atoms with E-state index < -0.39 is 15.9 Å². The molecule has 30 heavy (non-hydrogen) atoms. The number of benzene rings is 2. The number of amides is 1. The highest BCUT2D eigenvalue weighted by atomic mass is 32.2. The average molecular weight is 433 g/mol. The fraction of sp³-hybridized carbons (Fsp3) is 0.409. The number of rotatable bonds is 8. The van der Waals surface area contributed by atoms with Gasteiger partial charge in [-0.2, -0.15) is 0 Å². The summed E-state index contributed by atoms with van der Waals surface area (Å²) in [6, 6.07) is 10.4. The van der Waals surface area contributed by atoms with Crippen LogP contribution in [-0.4, -0.2) is 51.5 Å². The maximum Gasteiger partial charge on any atom is 0.255 e. The quantitative estimate of drug-likeness (QED) is 0.689. The van der Waals surface area contributed by atoms with Crippen molar-refractivity contribution in [3.05, 3.63) is 53.1 Å². The van der Waals surface area contributed by atoms with Crippen molar-refractivity contribution in [2.24, 2.45) is 0 Å². The summed E-state index contributed by atoms with van der Waals surface area (Å²) in [5, 5.41) is 3.37.